The minimum atomic E-state index is -2.39. The second kappa shape index (κ2) is 3.10. The first-order valence-electron chi connectivity index (χ1n) is 4.19. The van der Waals surface area contributed by atoms with Crippen molar-refractivity contribution in [1.29, 1.82) is 0 Å². The standard InChI is InChI=1S/2C4H9.CH3.ClH.Sn/c2*1-4(2)3;;;/h2*1-3H3;1H3;1H;/q;;;;+1/p-1. The summed E-state index contributed by atoms with van der Waals surface area (Å²) in [7, 11) is 6.70. The monoisotopic (exact) mass is 284 g/mol. The van der Waals surface area contributed by atoms with Gasteiger partial charge in [-0.1, -0.05) is 0 Å². The van der Waals surface area contributed by atoms with Gasteiger partial charge in [0.2, 0.25) is 0 Å². The second-order valence-corrected chi connectivity index (χ2v) is 24.9. The third-order valence-corrected chi connectivity index (χ3v) is 26.5. The van der Waals surface area contributed by atoms with E-state index in [0.717, 1.165) is 0 Å². The Morgan fingerprint density at radius 2 is 1.00 bits per heavy atom. The molecule has 0 spiro atoms. The van der Waals surface area contributed by atoms with Gasteiger partial charge in [-0.3, -0.25) is 0 Å². The predicted molar refractivity (Wildman–Crippen MR) is 56.9 cm³/mol. The molecule has 0 atom stereocenters. The van der Waals surface area contributed by atoms with Gasteiger partial charge < -0.3 is 0 Å². The Morgan fingerprint density at radius 1 is 0.818 bits per heavy atom. The number of hydrogen-bond donors (Lipinski definition) is 0. The zero-order valence-corrected chi connectivity index (χ0v) is 12.5. The van der Waals surface area contributed by atoms with Crippen LogP contribution < -0.4 is 0 Å². The van der Waals surface area contributed by atoms with E-state index < -0.39 is 17.3 Å². The summed E-state index contributed by atoms with van der Waals surface area (Å²) in [6, 6.07) is 0. The molecule has 0 aromatic rings. The summed E-state index contributed by atoms with van der Waals surface area (Å²) in [6.45, 7) is 13.7. The Morgan fingerprint density at radius 3 is 1.00 bits per heavy atom. The summed E-state index contributed by atoms with van der Waals surface area (Å²) >= 11 is -2.39. The van der Waals surface area contributed by atoms with Crippen molar-refractivity contribution in [3.05, 3.63) is 0 Å². The van der Waals surface area contributed by atoms with Crippen molar-refractivity contribution in [1.82, 2.24) is 0 Å². The molecule has 0 aliphatic carbocycles. The molecule has 0 unspecified atom stereocenters. The molecular weight excluding hydrogens is 262 g/mol. The molecule has 0 saturated heterocycles. The number of halogens is 1. The molecule has 0 aliphatic heterocycles. The molecule has 0 nitrogen and oxygen atoms in total. The van der Waals surface area contributed by atoms with Gasteiger partial charge in [0.25, 0.3) is 0 Å². The molecule has 0 rings (SSSR count). The maximum atomic E-state index is 6.70. The fourth-order valence-corrected chi connectivity index (χ4v) is 7.55. The molecule has 11 heavy (non-hydrogen) atoms. The van der Waals surface area contributed by atoms with E-state index in [2.05, 4.69) is 46.5 Å². The van der Waals surface area contributed by atoms with Gasteiger partial charge in [0, 0.05) is 0 Å². The van der Waals surface area contributed by atoms with Gasteiger partial charge in [-0.15, -0.1) is 0 Å². The normalized spacial score (nSPS) is 15.3. The minimum absolute atomic E-state index is 0.356. The summed E-state index contributed by atoms with van der Waals surface area (Å²) in [5.41, 5.74) is 0. The van der Waals surface area contributed by atoms with Gasteiger partial charge in [-0.25, -0.2) is 0 Å². The van der Waals surface area contributed by atoms with E-state index in [1.807, 2.05) is 0 Å². The van der Waals surface area contributed by atoms with Crippen LogP contribution in [-0.2, 0) is 0 Å². The van der Waals surface area contributed by atoms with Crippen molar-refractivity contribution in [3.63, 3.8) is 0 Å². The van der Waals surface area contributed by atoms with Gasteiger partial charge in [0.15, 0.2) is 0 Å². The number of rotatable bonds is 0. The van der Waals surface area contributed by atoms with E-state index in [-0.39, 0.29) is 0 Å². The van der Waals surface area contributed by atoms with Crippen LogP contribution in [0.15, 0.2) is 0 Å². The molecule has 0 saturated carbocycles. The summed E-state index contributed by atoms with van der Waals surface area (Å²) in [5, 5.41) is 0. The first kappa shape index (κ1) is 12.1. The fourth-order valence-electron chi connectivity index (χ4n) is 1.12. The molecule has 0 heterocycles. The Balaban J connectivity index is 4.75. The topological polar surface area (TPSA) is 0 Å². The van der Waals surface area contributed by atoms with Gasteiger partial charge in [0.1, 0.15) is 0 Å². The molecule has 2 heteroatoms. The zero-order valence-electron chi connectivity index (χ0n) is 8.88. The van der Waals surface area contributed by atoms with Crippen molar-refractivity contribution in [2.24, 2.45) is 0 Å². The van der Waals surface area contributed by atoms with E-state index in [9.17, 15) is 0 Å². The van der Waals surface area contributed by atoms with Crippen LogP contribution in [0.3, 0.4) is 0 Å². The zero-order chi connectivity index (χ0) is 9.50. The maximum absolute atomic E-state index is 6.70. The van der Waals surface area contributed by atoms with E-state index in [4.69, 9.17) is 8.92 Å². The molecule has 0 bridgehead atoms. The van der Waals surface area contributed by atoms with Crippen LogP contribution in [0, 0.1) is 0 Å². The second-order valence-electron chi connectivity index (χ2n) is 5.50. The SMILES string of the molecule is C[C](C)(C)[Sn]([CH3])([Cl])[C](C)(C)C. The van der Waals surface area contributed by atoms with E-state index in [1.54, 1.807) is 0 Å². The average molecular weight is 283 g/mol. The Kier molecular flexibility index (Phi) is 3.40. The molecule has 68 valence electrons. The first-order valence-corrected chi connectivity index (χ1v) is 13.5. The molecular formula is C9H21ClSn. The molecule has 0 N–H and O–H groups in total. The molecule has 0 fully saturated rings. The van der Waals surface area contributed by atoms with Crippen molar-refractivity contribution in [2.45, 2.75) is 53.3 Å². The summed E-state index contributed by atoms with van der Waals surface area (Å²) < 4.78 is 0.711. The van der Waals surface area contributed by atoms with Crippen LogP contribution in [0.5, 0.6) is 0 Å². The van der Waals surface area contributed by atoms with Crippen LogP contribution >= 0.6 is 8.92 Å². The quantitative estimate of drug-likeness (QED) is 0.578. The Labute approximate surface area is 79.3 Å². The third-order valence-electron chi connectivity index (χ3n) is 2.82. The first-order chi connectivity index (χ1) is 4.50. The van der Waals surface area contributed by atoms with Crippen molar-refractivity contribution in [2.75, 3.05) is 0 Å². The average Bonchev–Trinajstić information content (AvgIpc) is 1.58. The molecule has 0 aromatic carbocycles. The number of hydrogen-bond acceptors (Lipinski definition) is 0. The van der Waals surface area contributed by atoms with E-state index >= 15 is 0 Å². The van der Waals surface area contributed by atoms with Crippen LogP contribution in [0.25, 0.3) is 0 Å². The van der Waals surface area contributed by atoms with Gasteiger partial charge in [-0.05, 0) is 0 Å². The summed E-state index contributed by atoms with van der Waals surface area (Å²) in [6.07, 6.45) is 0. The van der Waals surface area contributed by atoms with Crippen molar-refractivity contribution >= 4 is 26.2 Å². The Hall–Kier alpha value is 1.09. The van der Waals surface area contributed by atoms with Gasteiger partial charge in [-0.2, -0.15) is 0 Å². The van der Waals surface area contributed by atoms with Gasteiger partial charge >= 0.3 is 79.5 Å². The molecule has 0 radical (unpaired) electrons. The molecule has 0 aliphatic rings. The van der Waals surface area contributed by atoms with E-state index in [1.165, 1.54) is 0 Å². The van der Waals surface area contributed by atoms with Crippen LogP contribution in [0.4, 0.5) is 0 Å². The van der Waals surface area contributed by atoms with Crippen LogP contribution in [0.2, 0.25) is 11.8 Å². The summed E-state index contributed by atoms with van der Waals surface area (Å²) in [4.78, 5) is 2.33. The molecule has 0 amide bonds. The van der Waals surface area contributed by atoms with Crippen LogP contribution in [0.1, 0.15) is 41.5 Å². The predicted octanol–water partition coefficient (Wildman–Crippen LogP) is 4.40. The Bertz CT molecular complexity index is 121. The fraction of sp³-hybridized carbons (Fsp3) is 1.00. The van der Waals surface area contributed by atoms with Crippen molar-refractivity contribution in [3.8, 4) is 0 Å². The van der Waals surface area contributed by atoms with Gasteiger partial charge in [0.05, 0.1) is 0 Å². The van der Waals surface area contributed by atoms with Crippen molar-refractivity contribution < 1.29 is 0 Å². The van der Waals surface area contributed by atoms with E-state index in [0.29, 0.717) is 6.86 Å². The van der Waals surface area contributed by atoms with Crippen LogP contribution in [-0.4, -0.2) is 17.3 Å². The summed E-state index contributed by atoms with van der Waals surface area (Å²) in [5.74, 6) is 0. The molecule has 0 aromatic heterocycles. The third kappa shape index (κ3) is 2.51.